The molecule has 0 aromatic heterocycles. The number of benzene rings is 1. The van der Waals surface area contributed by atoms with Crippen molar-refractivity contribution in [3.63, 3.8) is 0 Å². The minimum Gasteiger partial charge on any atom is -0.481 e. The maximum absolute atomic E-state index is 12.5. The first-order chi connectivity index (χ1) is 10.9. The lowest BCUT2D eigenvalue weighted by atomic mass is 9.66. The van der Waals surface area contributed by atoms with Gasteiger partial charge in [0.05, 0.1) is 11.5 Å². The summed E-state index contributed by atoms with van der Waals surface area (Å²) in [6, 6.07) is 5.78. The maximum atomic E-state index is 12.5. The van der Waals surface area contributed by atoms with Crippen LogP contribution >= 0.6 is 0 Å². The van der Waals surface area contributed by atoms with Gasteiger partial charge in [-0.05, 0) is 56.7 Å². The molecule has 23 heavy (non-hydrogen) atoms. The summed E-state index contributed by atoms with van der Waals surface area (Å²) >= 11 is 0. The predicted octanol–water partition coefficient (Wildman–Crippen LogP) is 2.45. The molecule has 1 saturated heterocycles. The number of carboxylic acid groups (broad SMARTS) is 1. The molecule has 1 saturated carbocycles. The van der Waals surface area contributed by atoms with Gasteiger partial charge in [-0.25, -0.2) is 0 Å². The molecule has 1 amide bonds. The quantitative estimate of drug-likeness (QED) is 0.898. The number of aryl methyl sites for hydroxylation is 1. The molecule has 1 heterocycles. The molecule has 1 aromatic rings. The third-order valence-corrected chi connectivity index (χ3v) is 5.26. The van der Waals surface area contributed by atoms with Crippen molar-refractivity contribution in [1.82, 2.24) is 5.32 Å². The number of nitrogens with one attached hydrogen (secondary N) is 1. The molecular weight excluding hydrogens is 294 g/mol. The third-order valence-electron chi connectivity index (χ3n) is 5.26. The molecule has 1 unspecified atom stereocenters. The van der Waals surface area contributed by atoms with Gasteiger partial charge in [0.15, 0.2) is 0 Å². The van der Waals surface area contributed by atoms with E-state index in [1.165, 1.54) is 0 Å². The van der Waals surface area contributed by atoms with E-state index in [9.17, 15) is 9.59 Å². The number of rotatable bonds is 3. The highest BCUT2D eigenvalue weighted by Gasteiger charge is 2.51. The molecule has 0 bridgehead atoms. The predicted molar refractivity (Wildman–Crippen MR) is 85.4 cm³/mol. The van der Waals surface area contributed by atoms with E-state index in [2.05, 4.69) is 5.32 Å². The molecule has 1 spiro atoms. The summed E-state index contributed by atoms with van der Waals surface area (Å²) < 4.78 is 5.83. The third kappa shape index (κ3) is 3.11. The Morgan fingerprint density at radius 1 is 1.26 bits per heavy atom. The van der Waals surface area contributed by atoms with E-state index >= 15 is 0 Å². The molecule has 1 aromatic carbocycles. The van der Waals surface area contributed by atoms with Crippen LogP contribution < -0.4 is 5.32 Å². The van der Waals surface area contributed by atoms with Crippen LogP contribution in [0.2, 0.25) is 0 Å². The molecule has 2 N–H and O–H groups in total. The SMILES string of the molecule is Cc1cccc(C(=O)NC2CCOC3(C2)CC(C(=O)O)C3)c1C. The summed E-state index contributed by atoms with van der Waals surface area (Å²) in [7, 11) is 0. The summed E-state index contributed by atoms with van der Waals surface area (Å²) in [6.45, 7) is 4.53. The van der Waals surface area contributed by atoms with Crippen molar-refractivity contribution in [1.29, 1.82) is 0 Å². The fourth-order valence-electron chi connectivity index (χ4n) is 3.71. The van der Waals surface area contributed by atoms with Crippen molar-refractivity contribution in [3.8, 4) is 0 Å². The lowest BCUT2D eigenvalue weighted by Crippen LogP contribution is -2.56. The van der Waals surface area contributed by atoms with Crippen LogP contribution in [-0.4, -0.2) is 35.2 Å². The summed E-state index contributed by atoms with van der Waals surface area (Å²) in [4.78, 5) is 23.5. The number of ether oxygens (including phenoxy) is 1. The van der Waals surface area contributed by atoms with Gasteiger partial charge in [-0.15, -0.1) is 0 Å². The van der Waals surface area contributed by atoms with Crippen molar-refractivity contribution in [3.05, 3.63) is 34.9 Å². The number of amides is 1. The first kappa shape index (κ1) is 16.0. The average molecular weight is 317 g/mol. The fourth-order valence-corrected chi connectivity index (χ4v) is 3.71. The highest BCUT2D eigenvalue weighted by Crippen LogP contribution is 2.46. The molecule has 0 radical (unpaired) electrons. The molecular formula is C18H23NO4. The number of carbonyl (C=O) groups excluding carboxylic acids is 1. The van der Waals surface area contributed by atoms with Crippen molar-refractivity contribution < 1.29 is 19.4 Å². The van der Waals surface area contributed by atoms with Gasteiger partial charge in [-0.1, -0.05) is 12.1 Å². The summed E-state index contributed by atoms with van der Waals surface area (Å²) in [5, 5.41) is 12.1. The smallest absolute Gasteiger partial charge is 0.306 e. The van der Waals surface area contributed by atoms with Gasteiger partial charge in [0.25, 0.3) is 5.91 Å². The van der Waals surface area contributed by atoms with Crippen LogP contribution in [-0.2, 0) is 9.53 Å². The van der Waals surface area contributed by atoms with E-state index in [1.54, 1.807) is 0 Å². The Bertz CT molecular complexity index is 634. The first-order valence-corrected chi connectivity index (χ1v) is 8.14. The highest BCUT2D eigenvalue weighted by molar-refractivity contribution is 5.96. The minimum atomic E-state index is -0.749. The lowest BCUT2D eigenvalue weighted by Gasteiger charge is -2.50. The average Bonchev–Trinajstić information content (AvgIpc) is 2.47. The molecule has 5 nitrogen and oxygen atoms in total. The second kappa shape index (κ2) is 5.96. The van der Waals surface area contributed by atoms with Gasteiger partial charge in [-0.2, -0.15) is 0 Å². The van der Waals surface area contributed by atoms with E-state index in [-0.39, 0.29) is 23.5 Å². The zero-order valence-corrected chi connectivity index (χ0v) is 13.6. The van der Waals surface area contributed by atoms with E-state index in [0.717, 1.165) is 17.5 Å². The molecule has 2 aliphatic rings. The van der Waals surface area contributed by atoms with Crippen LogP contribution in [0.15, 0.2) is 18.2 Å². The Balaban J connectivity index is 1.63. The number of hydrogen-bond acceptors (Lipinski definition) is 3. The molecule has 1 aliphatic carbocycles. The maximum Gasteiger partial charge on any atom is 0.306 e. The van der Waals surface area contributed by atoms with Crippen LogP contribution in [0.25, 0.3) is 0 Å². The summed E-state index contributed by atoms with van der Waals surface area (Å²) in [5.41, 5.74) is 2.47. The van der Waals surface area contributed by atoms with Gasteiger partial charge in [-0.3, -0.25) is 9.59 Å². The topological polar surface area (TPSA) is 75.6 Å². The van der Waals surface area contributed by atoms with Gasteiger partial charge in [0, 0.05) is 18.2 Å². The Hall–Kier alpha value is -1.88. The van der Waals surface area contributed by atoms with Crippen molar-refractivity contribution in [2.45, 2.75) is 51.2 Å². The van der Waals surface area contributed by atoms with E-state index in [1.807, 2.05) is 32.0 Å². The van der Waals surface area contributed by atoms with E-state index in [0.29, 0.717) is 31.4 Å². The zero-order valence-electron chi connectivity index (χ0n) is 13.6. The number of carbonyl (C=O) groups is 2. The lowest BCUT2D eigenvalue weighted by molar-refractivity contribution is -0.181. The second-order valence-electron chi connectivity index (χ2n) is 6.89. The first-order valence-electron chi connectivity index (χ1n) is 8.14. The van der Waals surface area contributed by atoms with E-state index < -0.39 is 5.97 Å². The van der Waals surface area contributed by atoms with Gasteiger partial charge >= 0.3 is 5.97 Å². The zero-order chi connectivity index (χ0) is 16.6. The molecule has 1 atom stereocenters. The Morgan fingerprint density at radius 3 is 2.70 bits per heavy atom. The van der Waals surface area contributed by atoms with Crippen LogP contribution in [0.5, 0.6) is 0 Å². The molecule has 124 valence electrons. The van der Waals surface area contributed by atoms with Crippen LogP contribution in [0.1, 0.15) is 47.2 Å². The van der Waals surface area contributed by atoms with Gasteiger partial charge in [0.2, 0.25) is 0 Å². The van der Waals surface area contributed by atoms with Crippen LogP contribution in [0, 0.1) is 19.8 Å². The van der Waals surface area contributed by atoms with Gasteiger partial charge in [0.1, 0.15) is 0 Å². The van der Waals surface area contributed by atoms with E-state index in [4.69, 9.17) is 9.84 Å². The van der Waals surface area contributed by atoms with Crippen LogP contribution in [0.3, 0.4) is 0 Å². The van der Waals surface area contributed by atoms with Crippen LogP contribution in [0.4, 0.5) is 0 Å². The number of carboxylic acids is 1. The minimum absolute atomic E-state index is 0.0471. The monoisotopic (exact) mass is 317 g/mol. The van der Waals surface area contributed by atoms with Crippen molar-refractivity contribution >= 4 is 11.9 Å². The molecule has 5 heteroatoms. The fraction of sp³-hybridized carbons (Fsp3) is 0.556. The second-order valence-corrected chi connectivity index (χ2v) is 6.89. The molecule has 3 rings (SSSR count). The Labute approximate surface area is 136 Å². The highest BCUT2D eigenvalue weighted by atomic mass is 16.5. The van der Waals surface area contributed by atoms with Gasteiger partial charge < -0.3 is 15.2 Å². The summed E-state index contributed by atoms with van der Waals surface area (Å²) in [6.07, 6.45) is 2.58. The normalized spacial score (nSPS) is 29.8. The Morgan fingerprint density at radius 2 is 2.00 bits per heavy atom. The largest absolute Gasteiger partial charge is 0.481 e. The van der Waals surface area contributed by atoms with Crippen molar-refractivity contribution in [2.24, 2.45) is 5.92 Å². The Kier molecular flexibility index (Phi) is 4.15. The standard InChI is InChI=1S/C18H23NO4/c1-11-4-3-5-15(12(11)2)16(20)19-14-6-7-23-18(10-14)8-13(9-18)17(21)22/h3-5,13-14H,6-10H2,1-2H3,(H,19,20)(H,21,22). The number of hydrogen-bond donors (Lipinski definition) is 2. The summed E-state index contributed by atoms with van der Waals surface area (Å²) in [5.74, 6) is -1.11. The molecule has 2 fully saturated rings. The van der Waals surface area contributed by atoms with Crippen molar-refractivity contribution in [2.75, 3.05) is 6.61 Å². The number of aliphatic carboxylic acids is 1. The molecule has 1 aliphatic heterocycles.